The SMILES string of the molecule is COCC(c1ccccn1)N(C)C(=O)c1c(C)nc2cc(C)ccn12. The Morgan fingerprint density at radius 1 is 1.32 bits per heavy atom. The smallest absolute Gasteiger partial charge is 0.273 e. The van der Waals surface area contributed by atoms with Crippen LogP contribution in [0.3, 0.4) is 0 Å². The molecule has 25 heavy (non-hydrogen) atoms. The average Bonchev–Trinajstić information content (AvgIpc) is 2.94. The molecule has 0 N–H and O–H groups in total. The van der Waals surface area contributed by atoms with Gasteiger partial charge in [0.25, 0.3) is 5.91 Å². The van der Waals surface area contributed by atoms with E-state index in [2.05, 4.69) is 9.97 Å². The van der Waals surface area contributed by atoms with Crippen molar-refractivity contribution in [2.24, 2.45) is 0 Å². The Hall–Kier alpha value is -2.73. The fraction of sp³-hybridized carbons (Fsp3) is 0.316. The van der Waals surface area contributed by atoms with Crippen LogP contribution in [0.25, 0.3) is 5.65 Å². The summed E-state index contributed by atoms with van der Waals surface area (Å²) in [5, 5.41) is 0. The predicted molar refractivity (Wildman–Crippen MR) is 95.6 cm³/mol. The topological polar surface area (TPSA) is 59.7 Å². The lowest BCUT2D eigenvalue weighted by molar-refractivity contribution is 0.0588. The number of aryl methyl sites for hydroxylation is 2. The summed E-state index contributed by atoms with van der Waals surface area (Å²) in [7, 11) is 3.39. The molecule has 0 fully saturated rings. The number of carbonyl (C=O) groups excluding carboxylic acids is 1. The number of amides is 1. The number of imidazole rings is 1. The molecule has 1 unspecified atom stereocenters. The van der Waals surface area contributed by atoms with Gasteiger partial charge in [0.1, 0.15) is 11.3 Å². The monoisotopic (exact) mass is 338 g/mol. The highest BCUT2D eigenvalue weighted by molar-refractivity contribution is 5.94. The molecule has 0 radical (unpaired) electrons. The predicted octanol–water partition coefficient (Wildman–Crippen LogP) is 2.81. The third-order valence-corrected chi connectivity index (χ3v) is 4.30. The molecule has 0 saturated carbocycles. The number of hydrogen-bond acceptors (Lipinski definition) is 4. The van der Waals surface area contributed by atoms with E-state index in [-0.39, 0.29) is 11.9 Å². The molecule has 3 aromatic rings. The van der Waals surface area contributed by atoms with Crippen molar-refractivity contribution in [2.45, 2.75) is 19.9 Å². The Kier molecular flexibility index (Phi) is 4.81. The largest absolute Gasteiger partial charge is 0.382 e. The lowest BCUT2D eigenvalue weighted by atomic mass is 10.1. The first-order valence-electron chi connectivity index (χ1n) is 8.15. The summed E-state index contributed by atoms with van der Waals surface area (Å²) in [6, 6.07) is 9.33. The molecule has 0 aliphatic carbocycles. The molecular weight excluding hydrogens is 316 g/mol. The van der Waals surface area contributed by atoms with Crippen LogP contribution in [-0.4, -0.2) is 45.9 Å². The molecule has 0 aromatic carbocycles. The van der Waals surface area contributed by atoms with E-state index in [1.54, 1.807) is 25.3 Å². The van der Waals surface area contributed by atoms with E-state index in [0.29, 0.717) is 18.0 Å². The highest BCUT2D eigenvalue weighted by Gasteiger charge is 2.27. The van der Waals surface area contributed by atoms with Crippen LogP contribution in [0.15, 0.2) is 42.7 Å². The number of nitrogens with zero attached hydrogens (tertiary/aromatic N) is 4. The molecule has 6 nitrogen and oxygen atoms in total. The third kappa shape index (κ3) is 3.25. The van der Waals surface area contributed by atoms with Crippen molar-refractivity contribution < 1.29 is 9.53 Å². The van der Waals surface area contributed by atoms with E-state index in [1.807, 2.05) is 54.8 Å². The van der Waals surface area contributed by atoms with Gasteiger partial charge in [0.2, 0.25) is 0 Å². The zero-order valence-corrected chi connectivity index (χ0v) is 14.9. The highest BCUT2D eigenvalue weighted by atomic mass is 16.5. The van der Waals surface area contributed by atoms with Crippen molar-refractivity contribution in [2.75, 3.05) is 20.8 Å². The van der Waals surface area contributed by atoms with Gasteiger partial charge < -0.3 is 9.64 Å². The van der Waals surface area contributed by atoms with E-state index < -0.39 is 0 Å². The fourth-order valence-corrected chi connectivity index (χ4v) is 2.96. The molecule has 0 bridgehead atoms. The minimum absolute atomic E-state index is 0.110. The molecule has 6 heteroatoms. The normalized spacial score (nSPS) is 12.3. The number of fused-ring (bicyclic) bond motifs is 1. The summed E-state index contributed by atoms with van der Waals surface area (Å²) in [5.74, 6) is -0.110. The van der Waals surface area contributed by atoms with Gasteiger partial charge in [-0.2, -0.15) is 0 Å². The van der Waals surface area contributed by atoms with Gasteiger partial charge in [-0.05, 0) is 43.7 Å². The Morgan fingerprint density at radius 2 is 2.12 bits per heavy atom. The summed E-state index contributed by atoms with van der Waals surface area (Å²) < 4.78 is 7.16. The first kappa shape index (κ1) is 17.1. The quantitative estimate of drug-likeness (QED) is 0.718. The Labute approximate surface area is 147 Å². The van der Waals surface area contributed by atoms with Crippen LogP contribution in [0.2, 0.25) is 0 Å². The number of ether oxygens (including phenoxy) is 1. The fourth-order valence-electron chi connectivity index (χ4n) is 2.96. The molecule has 0 aliphatic rings. The second kappa shape index (κ2) is 7.03. The summed E-state index contributed by atoms with van der Waals surface area (Å²) in [6.45, 7) is 4.23. The Bertz CT molecular complexity index is 889. The third-order valence-electron chi connectivity index (χ3n) is 4.30. The molecule has 0 aliphatic heterocycles. The number of methoxy groups -OCH3 is 1. The van der Waals surface area contributed by atoms with Gasteiger partial charge in [-0.25, -0.2) is 4.98 Å². The van der Waals surface area contributed by atoms with Gasteiger partial charge in [0, 0.05) is 26.6 Å². The van der Waals surface area contributed by atoms with Crippen LogP contribution in [-0.2, 0) is 4.74 Å². The molecule has 3 heterocycles. The lowest BCUT2D eigenvalue weighted by Gasteiger charge is -2.27. The van der Waals surface area contributed by atoms with Crippen molar-refractivity contribution in [3.63, 3.8) is 0 Å². The van der Waals surface area contributed by atoms with Gasteiger partial charge in [-0.15, -0.1) is 0 Å². The maximum absolute atomic E-state index is 13.2. The Balaban J connectivity index is 2.00. The van der Waals surface area contributed by atoms with E-state index in [0.717, 1.165) is 16.9 Å². The highest BCUT2D eigenvalue weighted by Crippen LogP contribution is 2.22. The van der Waals surface area contributed by atoms with Crippen molar-refractivity contribution in [1.82, 2.24) is 19.3 Å². The number of rotatable bonds is 5. The number of pyridine rings is 2. The summed E-state index contributed by atoms with van der Waals surface area (Å²) in [5.41, 5.74) is 3.95. The van der Waals surface area contributed by atoms with Gasteiger partial charge in [-0.3, -0.25) is 14.2 Å². The first-order valence-corrected chi connectivity index (χ1v) is 8.15. The molecule has 1 atom stereocenters. The summed E-state index contributed by atoms with van der Waals surface area (Å²) in [4.78, 5) is 23.8. The zero-order chi connectivity index (χ0) is 18.0. The molecular formula is C19H22N4O2. The number of likely N-dealkylation sites (N-methyl/N-ethyl adjacent to an activating group) is 1. The average molecular weight is 338 g/mol. The van der Waals surface area contributed by atoms with Crippen molar-refractivity contribution in [3.05, 3.63) is 65.4 Å². The second-order valence-electron chi connectivity index (χ2n) is 6.12. The van der Waals surface area contributed by atoms with Crippen LogP contribution < -0.4 is 0 Å². The standard InChI is InChI=1S/C19H22N4O2/c1-13-8-10-23-17(11-13)21-14(2)18(23)19(24)22(3)16(12-25-4)15-7-5-6-9-20-15/h5-11,16H,12H2,1-4H3. The van der Waals surface area contributed by atoms with E-state index in [1.165, 1.54) is 0 Å². The summed E-state index contributed by atoms with van der Waals surface area (Å²) >= 11 is 0. The van der Waals surface area contributed by atoms with Gasteiger partial charge in [0.15, 0.2) is 0 Å². The van der Waals surface area contributed by atoms with Crippen LogP contribution in [0.1, 0.15) is 33.5 Å². The minimum atomic E-state index is -0.269. The molecule has 3 rings (SSSR count). The van der Waals surface area contributed by atoms with Gasteiger partial charge in [-0.1, -0.05) is 6.07 Å². The number of carbonyl (C=O) groups is 1. The van der Waals surface area contributed by atoms with Crippen LogP contribution >= 0.6 is 0 Å². The number of aromatic nitrogens is 3. The van der Waals surface area contributed by atoms with Crippen LogP contribution in [0.5, 0.6) is 0 Å². The summed E-state index contributed by atoms with van der Waals surface area (Å²) in [6.07, 6.45) is 3.61. The molecule has 1 amide bonds. The minimum Gasteiger partial charge on any atom is -0.382 e. The van der Waals surface area contributed by atoms with Crippen LogP contribution in [0.4, 0.5) is 0 Å². The van der Waals surface area contributed by atoms with Crippen molar-refractivity contribution >= 4 is 11.6 Å². The maximum atomic E-state index is 13.2. The first-order chi connectivity index (χ1) is 12.0. The van der Waals surface area contributed by atoms with Crippen LogP contribution in [0, 0.1) is 13.8 Å². The molecule has 3 aromatic heterocycles. The van der Waals surface area contributed by atoms with Gasteiger partial charge in [0.05, 0.1) is 24.0 Å². The molecule has 0 saturated heterocycles. The maximum Gasteiger partial charge on any atom is 0.273 e. The van der Waals surface area contributed by atoms with E-state index in [4.69, 9.17) is 4.74 Å². The van der Waals surface area contributed by atoms with Crippen molar-refractivity contribution in [1.29, 1.82) is 0 Å². The van der Waals surface area contributed by atoms with Gasteiger partial charge >= 0.3 is 0 Å². The lowest BCUT2D eigenvalue weighted by Crippen LogP contribution is -2.35. The zero-order valence-electron chi connectivity index (χ0n) is 14.9. The Morgan fingerprint density at radius 3 is 2.80 bits per heavy atom. The van der Waals surface area contributed by atoms with E-state index >= 15 is 0 Å². The van der Waals surface area contributed by atoms with E-state index in [9.17, 15) is 4.79 Å². The second-order valence-corrected chi connectivity index (χ2v) is 6.12. The molecule has 0 spiro atoms. The van der Waals surface area contributed by atoms with Crippen molar-refractivity contribution in [3.8, 4) is 0 Å². The molecule has 130 valence electrons. The number of hydrogen-bond donors (Lipinski definition) is 0.